The molecule has 2 aromatic heterocycles. The van der Waals surface area contributed by atoms with Gasteiger partial charge in [-0.3, -0.25) is 5.32 Å². The highest BCUT2D eigenvalue weighted by molar-refractivity contribution is 5.95. The molecule has 0 atom stereocenters. The maximum Gasteiger partial charge on any atom is 0.412 e. The Hall–Kier alpha value is -3.80. The van der Waals surface area contributed by atoms with Crippen LogP contribution in [0.4, 0.5) is 21.9 Å². The number of pyridine rings is 1. The van der Waals surface area contributed by atoms with E-state index in [0.717, 1.165) is 28.1 Å². The molecule has 0 aliphatic carbocycles. The predicted octanol–water partition coefficient (Wildman–Crippen LogP) is 6.42. The quantitative estimate of drug-likeness (QED) is 0.404. The lowest BCUT2D eigenvalue weighted by molar-refractivity contribution is 0.0636. The van der Waals surface area contributed by atoms with Crippen molar-refractivity contribution in [3.05, 3.63) is 78.6 Å². The Bertz CT molecular complexity index is 1200. The molecule has 1 amide bonds. The van der Waals surface area contributed by atoms with Crippen LogP contribution in [0.2, 0.25) is 0 Å². The van der Waals surface area contributed by atoms with Gasteiger partial charge in [0.2, 0.25) is 0 Å². The summed E-state index contributed by atoms with van der Waals surface area (Å²) < 4.78 is 7.30. The summed E-state index contributed by atoms with van der Waals surface area (Å²) in [6.45, 7) is 7.55. The molecule has 6 nitrogen and oxygen atoms in total. The molecule has 31 heavy (non-hydrogen) atoms. The normalized spacial score (nSPS) is 11.4. The first-order valence-electron chi connectivity index (χ1n) is 10.2. The third-order valence-corrected chi connectivity index (χ3v) is 4.70. The molecule has 2 heterocycles. The topological polar surface area (TPSA) is 68.2 Å². The Morgan fingerprint density at radius 3 is 2.39 bits per heavy atom. The van der Waals surface area contributed by atoms with Crippen molar-refractivity contribution in [2.24, 2.45) is 0 Å². The van der Waals surface area contributed by atoms with E-state index in [1.165, 1.54) is 5.56 Å². The maximum absolute atomic E-state index is 11.9. The summed E-state index contributed by atoms with van der Waals surface area (Å²) in [4.78, 5) is 16.5. The molecule has 0 aliphatic heterocycles. The summed E-state index contributed by atoms with van der Waals surface area (Å²) in [6, 6.07) is 20.2. The number of benzene rings is 2. The number of amides is 1. The van der Waals surface area contributed by atoms with Crippen molar-refractivity contribution < 1.29 is 9.53 Å². The van der Waals surface area contributed by atoms with E-state index in [4.69, 9.17) is 4.74 Å². The van der Waals surface area contributed by atoms with Gasteiger partial charge in [0, 0.05) is 23.0 Å². The smallest absolute Gasteiger partial charge is 0.412 e. The zero-order valence-corrected chi connectivity index (χ0v) is 18.1. The maximum atomic E-state index is 11.9. The van der Waals surface area contributed by atoms with Crippen LogP contribution >= 0.6 is 0 Å². The van der Waals surface area contributed by atoms with Crippen molar-refractivity contribution >= 4 is 34.1 Å². The lowest BCUT2D eigenvalue weighted by atomic mass is 10.2. The third-order valence-electron chi connectivity index (χ3n) is 4.70. The Morgan fingerprint density at radius 1 is 0.968 bits per heavy atom. The number of aromatic nitrogens is 2. The molecule has 0 aliphatic rings. The number of anilines is 3. The molecule has 0 bridgehead atoms. The molecular weight excluding hydrogens is 388 g/mol. The van der Waals surface area contributed by atoms with Gasteiger partial charge in [0.25, 0.3) is 0 Å². The number of fused-ring (bicyclic) bond motifs is 1. The fraction of sp³-hybridized carbons (Fsp3) is 0.200. The van der Waals surface area contributed by atoms with E-state index < -0.39 is 11.7 Å². The van der Waals surface area contributed by atoms with Crippen LogP contribution in [0.5, 0.6) is 0 Å². The first-order chi connectivity index (χ1) is 14.8. The van der Waals surface area contributed by atoms with Crippen molar-refractivity contribution in [3.63, 3.8) is 0 Å². The molecule has 0 unspecified atom stereocenters. The van der Waals surface area contributed by atoms with Crippen LogP contribution in [0, 0.1) is 6.92 Å². The average Bonchev–Trinajstić information content (AvgIpc) is 3.14. The fourth-order valence-corrected chi connectivity index (χ4v) is 3.29. The Labute approximate surface area is 181 Å². The minimum absolute atomic E-state index is 0.500. The van der Waals surface area contributed by atoms with Crippen molar-refractivity contribution in [1.29, 1.82) is 0 Å². The number of hydrogen-bond donors (Lipinski definition) is 2. The van der Waals surface area contributed by atoms with Crippen molar-refractivity contribution in [3.8, 4) is 5.82 Å². The van der Waals surface area contributed by atoms with E-state index in [9.17, 15) is 4.79 Å². The molecule has 2 aromatic carbocycles. The van der Waals surface area contributed by atoms with Crippen molar-refractivity contribution in [2.45, 2.75) is 33.3 Å². The van der Waals surface area contributed by atoms with Crippen LogP contribution in [-0.4, -0.2) is 21.2 Å². The van der Waals surface area contributed by atoms with E-state index in [0.29, 0.717) is 5.69 Å². The highest BCUT2D eigenvalue weighted by Gasteiger charge is 2.16. The number of ether oxygens (including phenoxy) is 1. The van der Waals surface area contributed by atoms with Crippen molar-refractivity contribution in [1.82, 2.24) is 9.55 Å². The molecule has 0 fully saturated rings. The molecular formula is C25H26N4O2. The zero-order valence-electron chi connectivity index (χ0n) is 18.1. The lowest BCUT2D eigenvalue weighted by Gasteiger charge is -2.19. The summed E-state index contributed by atoms with van der Waals surface area (Å²) in [6.07, 6.45) is 3.12. The largest absolute Gasteiger partial charge is 0.444 e. The number of carbonyl (C=O) groups excluding carboxylic acids is 1. The van der Waals surface area contributed by atoms with Gasteiger partial charge in [0.05, 0.1) is 17.4 Å². The lowest BCUT2D eigenvalue weighted by Crippen LogP contribution is -2.27. The SMILES string of the molecule is Cc1ccc(Nc2cccc3c2ccn3-c2ccc(NC(=O)OC(C)(C)C)cn2)cc1. The van der Waals surface area contributed by atoms with Gasteiger partial charge in [-0.25, -0.2) is 9.78 Å². The van der Waals surface area contributed by atoms with Gasteiger partial charge >= 0.3 is 6.09 Å². The first-order valence-corrected chi connectivity index (χ1v) is 10.2. The fourth-order valence-electron chi connectivity index (χ4n) is 3.29. The van der Waals surface area contributed by atoms with Gasteiger partial charge in [-0.2, -0.15) is 0 Å². The second kappa shape index (κ2) is 8.14. The van der Waals surface area contributed by atoms with Crippen LogP contribution < -0.4 is 10.6 Å². The Balaban J connectivity index is 1.56. The van der Waals surface area contributed by atoms with Gasteiger partial charge < -0.3 is 14.6 Å². The van der Waals surface area contributed by atoms with Crippen LogP contribution in [0.15, 0.2) is 73.1 Å². The molecule has 0 saturated heterocycles. The molecule has 4 aromatic rings. The molecule has 0 saturated carbocycles. The molecule has 6 heteroatoms. The van der Waals surface area contributed by atoms with Gasteiger partial charge in [-0.1, -0.05) is 23.8 Å². The van der Waals surface area contributed by atoms with Gasteiger partial charge in [0.1, 0.15) is 11.4 Å². The number of hydrogen-bond acceptors (Lipinski definition) is 4. The third kappa shape index (κ3) is 4.86. The average molecular weight is 415 g/mol. The van der Waals surface area contributed by atoms with Gasteiger partial charge in [0.15, 0.2) is 0 Å². The number of nitrogens with one attached hydrogen (secondary N) is 2. The van der Waals surface area contributed by atoms with E-state index in [2.05, 4.69) is 65.0 Å². The number of rotatable bonds is 4. The molecule has 0 spiro atoms. The standard InChI is InChI=1S/C25H26N4O2/c1-17-8-10-18(11-9-17)27-21-6-5-7-22-20(21)14-15-29(22)23-13-12-19(16-26-23)28-24(30)31-25(2,3)4/h5-16,27H,1-4H3,(H,28,30). The number of aryl methyl sites for hydroxylation is 1. The second-order valence-corrected chi connectivity index (χ2v) is 8.45. The Kier molecular flexibility index (Phi) is 5.38. The van der Waals surface area contributed by atoms with Crippen molar-refractivity contribution in [2.75, 3.05) is 10.6 Å². The van der Waals surface area contributed by atoms with E-state index in [-0.39, 0.29) is 0 Å². The van der Waals surface area contributed by atoms with Crippen LogP contribution in [-0.2, 0) is 4.74 Å². The Morgan fingerprint density at radius 2 is 1.71 bits per heavy atom. The van der Waals surface area contributed by atoms with Gasteiger partial charge in [-0.15, -0.1) is 0 Å². The first kappa shape index (κ1) is 20.5. The number of nitrogens with zero attached hydrogens (tertiary/aromatic N) is 2. The highest BCUT2D eigenvalue weighted by Crippen LogP contribution is 2.29. The highest BCUT2D eigenvalue weighted by atomic mass is 16.6. The van der Waals surface area contributed by atoms with Crippen LogP contribution in [0.1, 0.15) is 26.3 Å². The van der Waals surface area contributed by atoms with Gasteiger partial charge in [-0.05, 0) is 70.2 Å². The molecule has 2 N–H and O–H groups in total. The van der Waals surface area contributed by atoms with Crippen LogP contribution in [0.25, 0.3) is 16.7 Å². The molecule has 0 radical (unpaired) electrons. The minimum Gasteiger partial charge on any atom is -0.444 e. The van der Waals surface area contributed by atoms with E-state index >= 15 is 0 Å². The summed E-state index contributed by atoms with van der Waals surface area (Å²) in [5, 5.41) is 7.30. The van der Waals surface area contributed by atoms with E-state index in [1.807, 2.05) is 49.7 Å². The number of carbonyl (C=O) groups is 1. The second-order valence-electron chi connectivity index (χ2n) is 8.45. The summed E-state index contributed by atoms with van der Waals surface area (Å²) in [7, 11) is 0. The van der Waals surface area contributed by atoms with Crippen LogP contribution in [0.3, 0.4) is 0 Å². The zero-order chi connectivity index (χ0) is 22.0. The minimum atomic E-state index is -0.550. The molecule has 158 valence electrons. The molecule has 4 rings (SSSR count). The van der Waals surface area contributed by atoms with E-state index in [1.54, 1.807) is 6.20 Å². The predicted molar refractivity (Wildman–Crippen MR) is 125 cm³/mol. The summed E-state index contributed by atoms with van der Waals surface area (Å²) in [5.41, 5.74) is 4.37. The monoisotopic (exact) mass is 414 g/mol. The summed E-state index contributed by atoms with van der Waals surface area (Å²) >= 11 is 0. The summed E-state index contributed by atoms with van der Waals surface area (Å²) in [5.74, 6) is 0.761.